The maximum absolute atomic E-state index is 12.8. The highest BCUT2D eigenvalue weighted by molar-refractivity contribution is 7.89. The van der Waals surface area contributed by atoms with E-state index in [-0.39, 0.29) is 44.8 Å². The molecule has 1 heterocycles. The molecule has 3 rings (SSSR count). The van der Waals surface area contributed by atoms with Gasteiger partial charge in [0.25, 0.3) is 0 Å². The Hall–Kier alpha value is -2.91. The number of fused-ring (bicyclic) bond motifs is 2. The SMILES string of the molecule is CCOc1cc(S(N)(=O)=O)c2oc3ccc(C(=O)O)cc3c(=O)c2c1. The Morgan fingerprint density at radius 2 is 1.96 bits per heavy atom. The first kappa shape index (κ1) is 16.9. The van der Waals surface area contributed by atoms with Crippen LogP contribution in [-0.4, -0.2) is 26.1 Å². The van der Waals surface area contributed by atoms with Gasteiger partial charge in [-0.05, 0) is 31.2 Å². The molecule has 25 heavy (non-hydrogen) atoms. The van der Waals surface area contributed by atoms with E-state index in [0.29, 0.717) is 0 Å². The predicted molar refractivity (Wildman–Crippen MR) is 89.5 cm³/mol. The first-order valence-corrected chi connectivity index (χ1v) is 8.70. The lowest BCUT2D eigenvalue weighted by Gasteiger charge is -2.09. The third-order valence-corrected chi connectivity index (χ3v) is 4.49. The molecule has 9 heteroatoms. The molecule has 0 fully saturated rings. The number of benzene rings is 2. The summed E-state index contributed by atoms with van der Waals surface area (Å²) in [6, 6.07) is 6.24. The lowest BCUT2D eigenvalue weighted by atomic mass is 10.1. The van der Waals surface area contributed by atoms with E-state index in [2.05, 4.69) is 0 Å². The summed E-state index contributed by atoms with van der Waals surface area (Å²) in [5.41, 5.74) is -0.819. The summed E-state index contributed by atoms with van der Waals surface area (Å²) >= 11 is 0. The molecule has 2 aromatic carbocycles. The summed E-state index contributed by atoms with van der Waals surface area (Å²) in [4.78, 5) is 23.5. The molecule has 0 saturated heterocycles. The van der Waals surface area contributed by atoms with Crippen molar-refractivity contribution in [1.82, 2.24) is 0 Å². The molecular weight excluding hydrogens is 350 g/mol. The molecule has 1 aromatic heterocycles. The van der Waals surface area contributed by atoms with E-state index in [1.165, 1.54) is 30.3 Å². The van der Waals surface area contributed by atoms with Crippen LogP contribution in [0.3, 0.4) is 0 Å². The molecule has 0 atom stereocenters. The van der Waals surface area contributed by atoms with E-state index in [4.69, 9.17) is 19.4 Å². The van der Waals surface area contributed by atoms with Gasteiger partial charge >= 0.3 is 5.97 Å². The van der Waals surface area contributed by atoms with Crippen LogP contribution in [0.25, 0.3) is 21.9 Å². The molecule has 0 aliphatic carbocycles. The zero-order valence-corrected chi connectivity index (χ0v) is 13.8. The first-order valence-electron chi connectivity index (χ1n) is 7.16. The quantitative estimate of drug-likeness (QED) is 0.673. The number of carbonyl (C=O) groups is 1. The second-order valence-electron chi connectivity index (χ2n) is 5.22. The van der Waals surface area contributed by atoms with Crippen molar-refractivity contribution in [2.75, 3.05) is 6.61 Å². The van der Waals surface area contributed by atoms with Crippen molar-refractivity contribution in [1.29, 1.82) is 0 Å². The summed E-state index contributed by atoms with van der Waals surface area (Å²) in [5, 5.41) is 14.2. The van der Waals surface area contributed by atoms with Crippen LogP contribution in [0.5, 0.6) is 5.75 Å². The number of aromatic carboxylic acids is 1. The standard InChI is InChI=1S/C16H13NO7S/c1-2-23-9-6-11-14(18)10-5-8(16(19)20)3-4-12(10)24-15(11)13(7-9)25(17,21)22/h3-7H,2H2,1H3,(H,19,20)(H2,17,21,22). The van der Waals surface area contributed by atoms with Gasteiger partial charge < -0.3 is 14.3 Å². The highest BCUT2D eigenvalue weighted by Gasteiger charge is 2.21. The van der Waals surface area contributed by atoms with E-state index in [9.17, 15) is 18.0 Å². The summed E-state index contributed by atoms with van der Waals surface area (Å²) in [6.07, 6.45) is 0. The number of ether oxygens (including phenoxy) is 1. The van der Waals surface area contributed by atoms with Gasteiger partial charge in [0, 0.05) is 6.07 Å². The van der Waals surface area contributed by atoms with Gasteiger partial charge in [-0.25, -0.2) is 18.4 Å². The third kappa shape index (κ3) is 2.94. The number of carboxylic acids is 1. The largest absolute Gasteiger partial charge is 0.494 e. The van der Waals surface area contributed by atoms with E-state index in [0.717, 1.165) is 0 Å². The van der Waals surface area contributed by atoms with Crippen LogP contribution in [0.1, 0.15) is 17.3 Å². The van der Waals surface area contributed by atoms with Crippen molar-refractivity contribution in [3.8, 4) is 5.75 Å². The van der Waals surface area contributed by atoms with Gasteiger partial charge in [-0.1, -0.05) is 0 Å². The van der Waals surface area contributed by atoms with Gasteiger partial charge in [0.15, 0.2) is 5.58 Å². The minimum absolute atomic E-state index is 0.0152. The number of carboxylic acid groups (broad SMARTS) is 1. The van der Waals surface area contributed by atoms with E-state index >= 15 is 0 Å². The smallest absolute Gasteiger partial charge is 0.335 e. The average molecular weight is 363 g/mol. The van der Waals surface area contributed by atoms with E-state index in [1.807, 2.05) is 0 Å². The lowest BCUT2D eigenvalue weighted by molar-refractivity contribution is 0.0697. The molecule has 0 bridgehead atoms. The van der Waals surface area contributed by atoms with Crippen molar-refractivity contribution >= 4 is 37.9 Å². The number of sulfonamides is 1. The molecule has 0 saturated carbocycles. The number of nitrogens with two attached hydrogens (primary N) is 1. The predicted octanol–water partition coefficient (Wildman–Crippen LogP) is 1.69. The fourth-order valence-corrected chi connectivity index (χ4v) is 3.19. The molecule has 0 amide bonds. The summed E-state index contributed by atoms with van der Waals surface area (Å²) in [7, 11) is -4.18. The molecule has 3 aromatic rings. The molecule has 0 aliphatic rings. The Morgan fingerprint density at radius 1 is 1.24 bits per heavy atom. The van der Waals surface area contributed by atoms with Gasteiger partial charge in [-0.3, -0.25) is 4.79 Å². The van der Waals surface area contributed by atoms with Crippen molar-refractivity contribution in [3.05, 3.63) is 46.1 Å². The maximum atomic E-state index is 12.8. The second-order valence-corrected chi connectivity index (χ2v) is 6.75. The lowest BCUT2D eigenvalue weighted by Crippen LogP contribution is -2.15. The Balaban J connectivity index is 2.50. The monoisotopic (exact) mass is 363 g/mol. The number of primary sulfonamides is 1. The van der Waals surface area contributed by atoms with Gasteiger partial charge in [-0.2, -0.15) is 0 Å². The van der Waals surface area contributed by atoms with Crippen LogP contribution < -0.4 is 15.3 Å². The average Bonchev–Trinajstić information content (AvgIpc) is 2.54. The van der Waals surface area contributed by atoms with Crippen LogP contribution in [0.15, 0.2) is 44.4 Å². The summed E-state index contributed by atoms with van der Waals surface area (Å²) in [5.74, 6) is -1.06. The summed E-state index contributed by atoms with van der Waals surface area (Å²) < 4.78 is 34.6. The van der Waals surface area contributed by atoms with Crippen molar-refractivity contribution < 1.29 is 27.5 Å². The first-order chi connectivity index (χ1) is 11.7. The van der Waals surface area contributed by atoms with Crippen LogP contribution >= 0.6 is 0 Å². The zero-order chi connectivity index (χ0) is 18.4. The van der Waals surface area contributed by atoms with Gasteiger partial charge in [0.1, 0.15) is 16.2 Å². The number of hydrogen-bond donors (Lipinski definition) is 2. The van der Waals surface area contributed by atoms with Crippen LogP contribution in [0, 0.1) is 0 Å². The Kier molecular flexibility index (Phi) is 3.97. The molecule has 8 nitrogen and oxygen atoms in total. The normalized spacial score (nSPS) is 11.8. The van der Waals surface area contributed by atoms with Crippen LogP contribution in [0.4, 0.5) is 0 Å². The van der Waals surface area contributed by atoms with Gasteiger partial charge in [0.05, 0.1) is 22.9 Å². The Bertz CT molecular complexity index is 1180. The topological polar surface area (TPSA) is 137 Å². The van der Waals surface area contributed by atoms with Crippen LogP contribution in [0.2, 0.25) is 0 Å². The van der Waals surface area contributed by atoms with Crippen LogP contribution in [-0.2, 0) is 10.0 Å². The van der Waals surface area contributed by atoms with Crippen molar-refractivity contribution in [3.63, 3.8) is 0 Å². The number of rotatable bonds is 4. The van der Waals surface area contributed by atoms with E-state index in [1.54, 1.807) is 6.92 Å². The molecule has 0 radical (unpaired) electrons. The highest BCUT2D eigenvalue weighted by atomic mass is 32.2. The van der Waals surface area contributed by atoms with E-state index < -0.39 is 21.4 Å². The van der Waals surface area contributed by atoms with Gasteiger partial charge in [-0.15, -0.1) is 0 Å². The molecular formula is C16H13NO7S. The van der Waals surface area contributed by atoms with Crippen molar-refractivity contribution in [2.24, 2.45) is 5.14 Å². The highest BCUT2D eigenvalue weighted by Crippen LogP contribution is 2.29. The molecule has 0 unspecified atom stereocenters. The third-order valence-electron chi connectivity index (χ3n) is 3.57. The number of hydrogen-bond acceptors (Lipinski definition) is 6. The molecule has 130 valence electrons. The zero-order valence-electron chi connectivity index (χ0n) is 13.0. The summed E-state index contributed by atoms with van der Waals surface area (Å²) in [6.45, 7) is 1.94. The van der Waals surface area contributed by atoms with Crippen molar-refractivity contribution in [2.45, 2.75) is 11.8 Å². The molecule has 3 N–H and O–H groups in total. The molecule has 0 aliphatic heterocycles. The fourth-order valence-electron chi connectivity index (χ4n) is 2.50. The second kappa shape index (κ2) is 5.87. The molecule has 0 spiro atoms. The minimum Gasteiger partial charge on any atom is -0.494 e. The fraction of sp³-hybridized carbons (Fsp3) is 0.125. The minimum atomic E-state index is -4.18. The Morgan fingerprint density at radius 3 is 2.56 bits per heavy atom. The maximum Gasteiger partial charge on any atom is 0.335 e. The van der Waals surface area contributed by atoms with Gasteiger partial charge in [0.2, 0.25) is 15.5 Å². The Labute approximate surface area is 141 Å².